The zero-order valence-corrected chi connectivity index (χ0v) is 8.21. The van der Waals surface area contributed by atoms with Crippen LogP contribution in [0.5, 0.6) is 0 Å². The molecule has 0 aliphatic rings. The highest BCUT2D eigenvalue weighted by Gasteiger charge is 2.07. The number of halogens is 1. The number of imidazole rings is 1. The van der Waals surface area contributed by atoms with Crippen molar-refractivity contribution < 1.29 is 0 Å². The van der Waals surface area contributed by atoms with Gasteiger partial charge in [0.15, 0.2) is 5.65 Å². The van der Waals surface area contributed by atoms with Gasteiger partial charge in [0, 0.05) is 6.54 Å². The highest BCUT2D eigenvalue weighted by molar-refractivity contribution is 6.28. The van der Waals surface area contributed by atoms with Crippen LogP contribution in [0.4, 0.5) is 0 Å². The average Bonchev–Trinajstić information content (AvgIpc) is 2.40. The largest absolute Gasteiger partial charge is 0.313 e. The van der Waals surface area contributed by atoms with E-state index in [1.807, 2.05) is 18.4 Å². The second kappa shape index (κ2) is 2.96. The molecule has 0 spiro atoms. The summed E-state index contributed by atoms with van der Waals surface area (Å²) in [5.74, 6) is 0.939. The minimum absolute atomic E-state index is 0.266. The normalized spacial score (nSPS) is 11.0. The van der Waals surface area contributed by atoms with Crippen LogP contribution < -0.4 is 0 Å². The first-order valence-electron chi connectivity index (χ1n) is 4.07. The summed E-state index contributed by atoms with van der Waals surface area (Å²) >= 11 is 5.69. The Hall–Kier alpha value is -1.16. The monoisotopic (exact) mass is 196 g/mol. The highest BCUT2D eigenvalue weighted by atomic mass is 35.5. The van der Waals surface area contributed by atoms with Gasteiger partial charge in [0.05, 0.1) is 6.20 Å². The molecule has 0 bridgehead atoms. The Morgan fingerprint density at radius 3 is 2.92 bits per heavy atom. The Morgan fingerprint density at radius 2 is 2.23 bits per heavy atom. The van der Waals surface area contributed by atoms with Crippen LogP contribution >= 0.6 is 11.6 Å². The molecule has 0 saturated carbocycles. The number of rotatable bonds is 1. The maximum absolute atomic E-state index is 5.69. The Kier molecular flexibility index (Phi) is 1.92. The first-order valence-corrected chi connectivity index (χ1v) is 4.45. The summed E-state index contributed by atoms with van der Waals surface area (Å²) in [6.07, 6.45) is 1.64. The molecule has 0 atom stereocenters. The molecular weight excluding hydrogens is 188 g/mol. The predicted molar refractivity (Wildman–Crippen MR) is 50.7 cm³/mol. The van der Waals surface area contributed by atoms with Crippen molar-refractivity contribution in [1.29, 1.82) is 0 Å². The van der Waals surface area contributed by atoms with Crippen molar-refractivity contribution in [3.63, 3.8) is 0 Å². The summed E-state index contributed by atoms with van der Waals surface area (Å²) in [4.78, 5) is 12.3. The number of hydrogen-bond acceptors (Lipinski definition) is 3. The minimum atomic E-state index is 0.266. The standard InChI is InChI=1S/C8H9ClN4/c1-3-13-5(2)11-6-4-10-8(9)12-7(6)13/h4H,3H2,1-2H3. The van der Waals surface area contributed by atoms with Gasteiger partial charge < -0.3 is 4.57 Å². The maximum atomic E-state index is 5.69. The molecule has 0 fully saturated rings. The van der Waals surface area contributed by atoms with E-state index in [0.29, 0.717) is 0 Å². The van der Waals surface area contributed by atoms with E-state index in [4.69, 9.17) is 11.6 Å². The molecule has 0 saturated heterocycles. The van der Waals surface area contributed by atoms with Gasteiger partial charge in [0.1, 0.15) is 11.3 Å². The molecule has 13 heavy (non-hydrogen) atoms. The second-order valence-electron chi connectivity index (χ2n) is 2.75. The van der Waals surface area contributed by atoms with Crippen LogP contribution in [-0.2, 0) is 6.54 Å². The van der Waals surface area contributed by atoms with Crippen LogP contribution in [0.15, 0.2) is 6.20 Å². The topological polar surface area (TPSA) is 43.6 Å². The zero-order valence-electron chi connectivity index (χ0n) is 7.45. The molecular formula is C8H9ClN4. The molecule has 0 amide bonds. The number of fused-ring (bicyclic) bond motifs is 1. The molecule has 2 rings (SSSR count). The molecule has 68 valence electrons. The quantitative estimate of drug-likeness (QED) is 0.654. The molecule has 0 aromatic carbocycles. The van der Waals surface area contributed by atoms with Crippen molar-refractivity contribution in [3.05, 3.63) is 17.3 Å². The fourth-order valence-corrected chi connectivity index (χ4v) is 1.52. The van der Waals surface area contributed by atoms with Crippen molar-refractivity contribution in [1.82, 2.24) is 19.5 Å². The summed E-state index contributed by atoms with van der Waals surface area (Å²) in [5, 5.41) is 0.266. The number of aromatic nitrogens is 4. The number of hydrogen-bond donors (Lipinski definition) is 0. The van der Waals surface area contributed by atoms with Gasteiger partial charge in [-0.25, -0.2) is 9.97 Å². The van der Waals surface area contributed by atoms with E-state index < -0.39 is 0 Å². The van der Waals surface area contributed by atoms with Crippen molar-refractivity contribution in [2.45, 2.75) is 20.4 Å². The van der Waals surface area contributed by atoms with Gasteiger partial charge in [-0.05, 0) is 25.4 Å². The molecule has 0 aliphatic carbocycles. The first kappa shape index (κ1) is 8.44. The van der Waals surface area contributed by atoms with Crippen LogP contribution in [0.3, 0.4) is 0 Å². The fraction of sp³-hybridized carbons (Fsp3) is 0.375. The lowest BCUT2D eigenvalue weighted by molar-refractivity contribution is 0.745. The second-order valence-corrected chi connectivity index (χ2v) is 3.09. The molecule has 2 aromatic heterocycles. The number of nitrogens with zero attached hydrogens (tertiary/aromatic N) is 4. The third kappa shape index (κ3) is 1.27. The molecule has 5 heteroatoms. The Labute approximate surface area is 80.6 Å². The fourth-order valence-electron chi connectivity index (χ4n) is 1.39. The maximum Gasteiger partial charge on any atom is 0.224 e. The van der Waals surface area contributed by atoms with Crippen molar-refractivity contribution in [2.24, 2.45) is 0 Å². The smallest absolute Gasteiger partial charge is 0.224 e. The molecule has 2 aromatic rings. The van der Waals surface area contributed by atoms with Gasteiger partial charge in [-0.1, -0.05) is 0 Å². The average molecular weight is 197 g/mol. The van der Waals surface area contributed by atoms with Gasteiger partial charge in [-0.3, -0.25) is 0 Å². The molecule has 4 nitrogen and oxygen atoms in total. The predicted octanol–water partition coefficient (Wildman–Crippen LogP) is 1.81. The van der Waals surface area contributed by atoms with Crippen LogP contribution in [0.25, 0.3) is 11.2 Å². The van der Waals surface area contributed by atoms with E-state index >= 15 is 0 Å². The van der Waals surface area contributed by atoms with E-state index in [-0.39, 0.29) is 5.28 Å². The molecule has 0 radical (unpaired) electrons. The molecule has 2 heterocycles. The molecule has 0 aliphatic heterocycles. The van der Waals surface area contributed by atoms with Gasteiger partial charge in [-0.15, -0.1) is 0 Å². The lowest BCUT2D eigenvalue weighted by Crippen LogP contribution is -1.98. The van der Waals surface area contributed by atoms with E-state index in [9.17, 15) is 0 Å². The van der Waals surface area contributed by atoms with Gasteiger partial charge in [0.25, 0.3) is 0 Å². The summed E-state index contributed by atoms with van der Waals surface area (Å²) in [6, 6.07) is 0. The zero-order chi connectivity index (χ0) is 9.42. The van der Waals surface area contributed by atoms with Crippen LogP contribution in [0, 0.1) is 6.92 Å². The van der Waals surface area contributed by atoms with Crippen LogP contribution in [-0.4, -0.2) is 19.5 Å². The van der Waals surface area contributed by atoms with E-state index in [1.54, 1.807) is 6.20 Å². The van der Waals surface area contributed by atoms with Crippen LogP contribution in [0.1, 0.15) is 12.7 Å². The first-order chi connectivity index (χ1) is 6.22. The number of aryl methyl sites for hydroxylation is 2. The Balaban J connectivity index is 2.80. The lowest BCUT2D eigenvalue weighted by Gasteiger charge is -1.99. The van der Waals surface area contributed by atoms with E-state index in [0.717, 1.165) is 23.5 Å². The minimum Gasteiger partial charge on any atom is -0.313 e. The van der Waals surface area contributed by atoms with Gasteiger partial charge in [0.2, 0.25) is 5.28 Å². The lowest BCUT2D eigenvalue weighted by atomic mass is 10.5. The Morgan fingerprint density at radius 1 is 1.46 bits per heavy atom. The van der Waals surface area contributed by atoms with E-state index in [1.165, 1.54) is 0 Å². The van der Waals surface area contributed by atoms with Crippen molar-refractivity contribution >= 4 is 22.8 Å². The summed E-state index contributed by atoms with van der Waals surface area (Å²) in [7, 11) is 0. The van der Waals surface area contributed by atoms with Crippen molar-refractivity contribution in [2.75, 3.05) is 0 Å². The van der Waals surface area contributed by atoms with Gasteiger partial charge in [-0.2, -0.15) is 4.98 Å². The highest BCUT2D eigenvalue weighted by Crippen LogP contribution is 2.14. The molecule has 0 unspecified atom stereocenters. The van der Waals surface area contributed by atoms with E-state index in [2.05, 4.69) is 15.0 Å². The SMILES string of the molecule is CCn1c(C)nc2cnc(Cl)nc21. The van der Waals surface area contributed by atoms with Crippen molar-refractivity contribution in [3.8, 4) is 0 Å². The van der Waals surface area contributed by atoms with Crippen LogP contribution in [0.2, 0.25) is 5.28 Å². The molecule has 0 N–H and O–H groups in total. The summed E-state index contributed by atoms with van der Waals surface area (Å²) in [5.41, 5.74) is 1.60. The van der Waals surface area contributed by atoms with Gasteiger partial charge >= 0.3 is 0 Å². The summed E-state index contributed by atoms with van der Waals surface area (Å²) < 4.78 is 2.00. The summed E-state index contributed by atoms with van der Waals surface area (Å²) in [6.45, 7) is 4.83. The Bertz CT molecular complexity index is 449. The third-order valence-electron chi connectivity index (χ3n) is 1.97. The third-order valence-corrected chi connectivity index (χ3v) is 2.15.